The largest absolute Gasteiger partial charge is 0.455 e. The first-order valence-electron chi connectivity index (χ1n) is 20.9. The zero-order chi connectivity index (χ0) is 38.3. The van der Waals surface area contributed by atoms with E-state index in [1.165, 1.54) is 56.9 Å². The van der Waals surface area contributed by atoms with Crippen LogP contribution in [0.2, 0.25) is 0 Å². The topological polar surface area (TPSA) is 31.0 Å². The van der Waals surface area contributed by atoms with Crippen LogP contribution in [0.5, 0.6) is 0 Å². The van der Waals surface area contributed by atoms with Gasteiger partial charge in [0.1, 0.15) is 17.0 Å². The van der Waals surface area contributed by atoms with Crippen LogP contribution in [0.4, 0.5) is 0 Å². The van der Waals surface area contributed by atoms with Crippen LogP contribution in [0, 0.1) is 10.8 Å². The maximum absolute atomic E-state index is 9.69. The Morgan fingerprint density at radius 2 is 1.38 bits per heavy atom. The Balaban J connectivity index is 1.22. The molecule has 0 N–H and O–H groups in total. The Morgan fingerprint density at radius 1 is 0.698 bits per heavy atom. The molecule has 3 heteroatoms. The van der Waals surface area contributed by atoms with Crippen LogP contribution in [-0.4, -0.2) is 9.55 Å². The van der Waals surface area contributed by atoms with Crippen LogP contribution in [-0.2, 0) is 0 Å². The lowest BCUT2D eigenvalue weighted by Gasteiger charge is -2.47. The first-order valence-corrected chi connectivity index (χ1v) is 19.9. The highest BCUT2D eigenvalue weighted by Gasteiger charge is 2.41. The molecule has 0 amide bonds. The second-order valence-electron chi connectivity index (χ2n) is 17.5. The van der Waals surface area contributed by atoms with E-state index in [0.29, 0.717) is 16.7 Å². The highest BCUT2D eigenvalue weighted by Crippen LogP contribution is 2.55. The van der Waals surface area contributed by atoms with Gasteiger partial charge in [0.05, 0.1) is 22.3 Å². The number of imidazole rings is 1. The second kappa shape index (κ2) is 13.0. The van der Waals surface area contributed by atoms with Gasteiger partial charge < -0.3 is 4.42 Å². The molecule has 5 aromatic carbocycles. The van der Waals surface area contributed by atoms with Gasteiger partial charge in [-0.25, -0.2) is 4.98 Å². The van der Waals surface area contributed by atoms with Gasteiger partial charge in [-0.1, -0.05) is 114 Å². The van der Waals surface area contributed by atoms with Gasteiger partial charge in [0, 0.05) is 13.5 Å². The van der Waals surface area contributed by atoms with Gasteiger partial charge in [0.25, 0.3) is 0 Å². The van der Waals surface area contributed by atoms with Crippen molar-refractivity contribution in [3.63, 3.8) is 0 Å². The SMILES string of the molecule is [2H]C(C)(C)c1cc(C2CCC3(CC2)CCC(C)(C)CC3)cc(C([2H])(C)C)c1-n1c(-c2cccc3c2oc2cc(-c4ccccc4)ccc23)nc2ccccc21. The molecule has 2 aromatic heterocycles. The summed E-state index contributed by atoms with van der Waals surface area (Å²) in [6.45, 7) is 12.9. The number of hydrogen-bond acceptors (Lipinski definition) is 2. The molecule has 0 atom stereocenters. The van der Waals surface area contributed by atoms with Crippen LogP contribution >= 0.6 is 0 Å². The van der Waals surface area contributed by atoms with Gasteiger partial charge in [-0.3, -0.25) is 4.57 Å². The number of furan rings is 1. The fourth-order valence-corrected chi connectivity index (χ4v) is 9.63. The lowest BCUT2D eigenvalue weighted by Crippen LogP contribution is -2.34. The highest BCUT2D eigenvalue weighted by molar-refractivity contribution is 6.10. The Labute approximate surface area is 318 Å². The fraction of sp³-hybridized carbons (Fsp3) is 0.380. The molecule has 0 radical (unpaired) electrons. The van der Waals surface area contributed by atoms with Crippen LogP contribution in [0.3, 0.4) is 0 Å². The zero-order valence-corrected chi connectivity index (χ0v) is 32.4. The van der Waals surface area contributed by atoms with E-state index in [0.717, 1.165) is 72.3 Å². The van der Waals surface area contributed by atoms with Gasteiger partial charge in [0.15, 0.2) is 0 Å². The summed E-state index contributed by atoms with van der Waals surface area (Å²) in [5.74, 6) is -0.672. The number of benzene rings is 5. The van der Waals surface area contributed by atoms with E-state index in [2.05, 4.69) is 109 Å². The van der Waals surface area contributed by atoms with Crippen molar-refractivity contribution in [1.82, 2.24) is 9.55 Å². The summed E-state index contributed by atoms with van der Waals surface area (Å²) in [5, 5.41) is 2.11. The predicted octanol–water partition coefficient (Wildman–Crippen LogP) is 14.7. The average molecular weight is 701 g/mol. The summed E-state index contributed by atoms with van der Waals surface area (Å²) in [7, 11) is 0. The van der Waals surface area contributed by atoms with Crippen molar-refractivity contribution in [2.24, 2.45) is 10.8 Å². The van der Waals surface area contributed by atoms with Gasteiger partial charge >= 0.3 is 0 Å². The molecule has 0 aliphatic heterocycles. The van der Waals surface area contributed by atoms with E-state index in [1.54, 1.807) is 0 Å². The number of hydrogen-bond donors (Lipinski definition) is 0. The highest BCUT2D eigenvalue weighted by atomic mass is 16.3. The smallest absolute Gasteiger partial charge is 0.149 e. The van der Waals surface area contributed by atoms with E-state index >= 15 is 0 Å². The standard InChI is InChI=1S/C50H54N2O/c1-32(2)41-29-37(35-21-23-50(24-22-35)27-25-49(5,6)26-28-50)30-42(33(3)4)46(41)52-44-18-11-10-17-43(44)51-48(52)40-16-12-15-39-38-20-19-36(31-45(38)53-47(39)40)34-13-8-7-9-14-34/h7-20,29-33,35H,21-28H2,1-6H3/i32D,33D. The molecule has 2 saturated carbocycles. The first kappa shape index (κ1) is 31.9. The molecule has 2 aliphatic rings. The third kappa shape index (κ3) is 6.01. The lowest BCUT2D eigenvalue weighted by atomic mass is 9.58. The zero-order valence-electron chi connectivity index (χ0n) is 34.4. The van der Waals surface area contributed by atoms with Crippen molar-refractivity contribution in [2.45, 2.75) is 111 Å². The van der Waals surface area contributed by atoms with Crippen molar-refractivity contribution in [3.8, 4) is 28.2 Å². The molecule has 7 aromatic rings. The number of nitrogens with zero attached hydrogens (tertiary/aromatic N) is 2. The summed E-state index contributed by atoms with van der Waals surface area (Å²) >= 11 is 0. The number of rotatable bonds is 6. The van der Waals surface area contributed by atoms with Crippen LogP contribution in [0.1, 0.15) is 130 Å². The van der Waals surface area contributed by atoms with Crippen LogP contribution in [0.15, 0.2) is 108 Å². The molecule has 3 nitrogen and oxygen atoms in total. The molecule has 53 heavy (non-hydrogen) atoms. The summed E-state index contributed by atoms with van der Waals surface area (Å²) in [6, 6.07) is 36.2. The molecule has 2 heterocycles. The van der Waals surface area contributed by atoms with E-state index in [-0.39, 0.29) is 0 Å². The van der Waals surface area contributed by atoms with Crippen molar-refractivity contribution in [2.75, 3.05) is 0 Å². The maximum Gasteiger partial charge on any atom is 0.149 e. The molecule has 0 bridgehead atoms. The van der Waals surface area contributed by atoms with Crippen LogP contribution < -0.4 is 0 Å². The summed E-state index contributed by atoms with van der Waals surface area (Å²) < 4.78 is 28.4. The molecule has 1 spiro atoms. The molecule has 0 unspecified atom stereocenters. The van der Waals surface area contributed by atoms with Crippen molar-refractivity contribution in [1.29, 1.82) is 0 Å². The molecular formula is C50H54N2O. The monoisotopic (exact) mass is 700 g/mol. The minimum atomic E-state index is -0.933. The Bertz CT molecular complexity index is 2510. The molecule has 0 saturated heterocycles. The summed E-state index contributed by atoms with van der Waals surface area (Å²) in [6.07, 6.45) is 10.3. The number of aromatic nitrogens is 2. The maximum atomic E-state index is 9.69. The van der Waals surface area contributed by atoms with E-state index in [1.807, 2.05) is 39.8 Å². The van der Waals surface area contributed by atoms with Crippen molar-refractivity contribution in [3.05, 3.63) is 120 Å². The lowest BCUT2D eigenvalue weighted by molar-refractivity contribution is 0.0584. The average Bonchev–Trinajstić information content (AvgIpc) is 3.74. The molecular weight excluding hydrogens is 645 g/mol. The molecule has 2 fully saturated rings. The van der Waals surface area contributed by atoms with E-state index in [9.17, 15) is 2.74 Å². The van der Waals surface area contributed by atoms with E-state index < -0.39 is 11.8 Å². The second-order valence-corrected chi connectivity index (χ2v) is 17.5. The van der Waals surface area contributed by atoms with Gasteiger partial charge in [-0.2, -0.15) is 0 Å². The van der Waals surface area contributed by atoms with E-state index in [4.69, 9.17) is 9.40 Å². The first-order chi connectivity index (χ1) is 26.2. The third-order valence-electron chi connectivity index (χ3n) is 13.0. The van der Waals surface area contributed by atoms with Gasteiger partial charge in [-0.15, -0.1) is 0 Å². The molecule has 270 valence electrons. The summed E-state index contributed by atoms with van der Waals surface area (Å²) in [5.41, 5.74) is 11.6. The third-order valence-corrected chi connectivity index (χ3v) is 13.0. The minimum Gasteiger partial charge on any atom is -0.455 e. The molecule has 2 aliphatic carbocycles. The Morgan fingerprint density at radius 3 is 2.08 bits per heavy atom. The predicted molar refractivity (Wildman–Crippen MR) is 223 cm³/mol. The van der Waals surface area contributed by atoms with Crippen molar-refractivity contribution >= 4 is 33.0 Å². The number of fused-ring (bicyclic) bond motifs is 4. The van der Waals surface area contributed by atoms with Crippen molar-refractivity contribution < 1.29 is 7.16 Å². The number of para-hydroxylation sites is 3. The van der Waals surface area contributed by atoms with Gasteiger partial charge in [-0.05, 0) is 138 Å². The normalized spacial score (nSPS) is 18.5. The Kier molecular flexibility index (Phi) is 7.84. The summed E-state index contributed by atoms with van der Waals surface area (Å²) in [4.78, 5) is 5.34. The molecule has 9 rings (SSSR count). The quantitative estimate of drug-likeness (QED) is 0.173. The van der Waals surface area contributed by atoms with Gasteiger partial charge in [0.2, 0.25) is 0 Å². The minimum absolute atomic E-state index is 0.431. The fourth-order valence-electron chi connectivity index (χ4n) is 9.63. The van der Waals surface area contributed by atoms with Crippen LogP contribution in [0.25, 0.3) is 61.2 Å². The Hall–Kier alpha value is -4.63.